The van der Waals surface area contributed by atoms with Gasteiger partial charge in [0.15, 0.2) is 0 Å². The molecule has 20 heavy (non-hydrogen) atoms. The van der Waals surface area contributed by atoms with Crippen molar-refractivity contribution in [2.45, 2.75) is 32.9 Å². The first-order valence-electron chi connectivity index (χ1n) is 6.58. The summed E-state index contributed by atoms with van der Waals surface area (Å²) in [6.07, 6.45) is 3.93. The molecule has 0 saturated carbocycles. The van der Waals surface area contributed by atoms with Crippen molar-refractivity contribution in [3.8, 4) is 0 Å². The van der Waals surface area contributed by atoms with Gasteiger partial charge in [-0.2, -0.15) is 0 Å². The number of carbonyl (C=O) groups is 1. The van der Waals surface area contributed by atoms with Crippen molar-refractivity contribution in [2.75, 3.05) is 5.32 Å². The van der Waals surface area contributed by atoms with E-state index in [1.807, 2.05) is 0 Å². The molecule has 2 aromatic rings. The fourth-order valence-corrected chi connectivity index (χ4v) is 1.59. The second-order valence-electron chi connectivity index (χ2n) is 4.50. The maximum Gasteiger partial charge on any atom is 0.270 e. The summed E-state index contributed by atoms with van der Waals surface area (Å²) in [6, 6.07) is 5.52. The van der Waals surface area contributed by atoms with E-state index in [-0.39, 0.29) is 5.91 Å². The van der Waals surface area contributed by atoms with Gasteiger partial charge in [-0.25, -0.2) is 9.97 Å². The second-order valence-corrected chi connectivity index (χ2v) is 4.50. The second kappa shape index (κ2) is 6.70. The van der Waals surface area contributed by atoms with Gasteiger partial charge >= 0.3 is 0 Å². The molecular formula is C14H18N4O2. The zero-order chi connectivity index (χ0) is 14.4. The third kappa shape index (κ3) is 3.81. The molecular weight excluding hydrogens is 256 g/mol. The van der Waals surface area contributed by atoms with Gasteiger partial charge in [-0.05, 0) is 25.5 Å². The molecule has 2 rings (SSSR count). The molecule has 0 bridgehead atoms. The van der Waals surface area contributed by atoms with Crippen molar-refractivity contribution in [1.82, 2.24) is 15.3 Å². The Balaban J connectivity index is 1.97. The van der Waals surface area contributed by atoms with E-state index in [4.69, 9.17) is 4.42 Å². The Labute approximate surface area is 117 Å². The molecule has 6 heteroatoms. The van der Waals surface area contributed by atoms with Crippen LogP contribution in [0.4, 0.5) is 5.82 Å². The largest absolute Gasteiger partial charge is 0.467 e. The van der Waals surface area contributed by atoms with Gasteiger partial charge in [0.05, 0.1) is 12.8 Å². The lowest BCUT2D eigenvalue weighted by molar-refractivity contribution is 0.0943. The monoisotopic (exact) mass is 274 g/mol. The zero-order valence-electron chi connectivity index (χ0n) is 11.6. The van der Waals surface area contributed by atoms with E-state index >= 15 is 0 Å². The van der Waals surface area contributed by atoms with Crippen molar-refractivity contribution in [1.29, 1.82) is 0 Å². The minimum absolute atomic E-state index is 0.254. The van der Waals surface area contributed by atoms with Gasteiger partial charge in [-0.1, -0.05) is 6.92 Å². The van der Waals surface area contributed by atoms with Crippen LogP contribution in [-0.2, 0) is 6.54 Å². The number of amides is 1. The Morgan fingerprint density at radius 1 is 1.45 bits per heavy atom. The number of aromatic nitrogens is 2. The maximum atomic E-state index is 12.0. The van der Waals surface area contributed by atoms with Crippen LogP contribution in [0.5, 0.6) is 0 Å². The first-order valence-corrected chi connectivity index (χ1v) is 6.58. The molecule has 0 radical (unpaired) electrons. The van der Waals surface area contributed by atoms with Crippen molar-refractivity contribution < 1.29 is 9.21 Å². The Morgan fingerprint density at radius 2 is 2.30 bits per heavy atom. The van der Waals surface area contributed by atoms with Gasteiger partial charge in [0.2, 0.25) is 0 Å². The average molecular weight is 274 g/mol. The van der Waals surface area contributed by atoms with Crippen molar-refractivity contribution in [3.63, 3.8) is 0 Å². The Kier molecular flexibility index (Phi) is 4.70. The molecule has 6 nitrogen and oxygen atoms in total. The number of rotatable bonds is 6. The van der Waals surface area contributed by atoms with E-state index < -0.39 is 0 Å². The highest BCUT2D eigenvalue weighted by atomic mass is 16.3. The molecule has 106 valence electrons. The summed E-state index contributed by atoms with van der Waals surface area (Å²) in [5.41, 5.74) is 0.331. The lowest BCUT2D eigenvalue weighted by atomic mass is 10.2. The van der Waals surface area contributed by atoms with Gasteiger partial charge in [-0.3, -0.25) is 4.79 Å². The molecule has 0 aliphatic heterocycles. The zero-order valence-corrected chi connectivity index (χ0v) is 11.6. The standard InChI is InChI=1S/C14H18N4O2/c1-3-10(2)18-13-7-12(16-9-17-13)14(19)15-8-11-5-4-6-20-11/h4-7,9-10H,3,8H2,1-2H3,(H,15,19)(H,16,17,18). The lowest BCUT2D eigenvalue weighted by Crippen LogP contribution is -2.24. The predicted molar refractivity (Wildman–Crippen MR) is 75.3 cm³/mol. The normalized spacial score (nSPS) is 11.9. The molecule has 0 spiro atoms. The summed E-state index contributed by atoms with van der Waals surface area (Å²) in [5, 5.41) is 5.95. The molecule has 0 fully saturated rings. The van der Waals surface area contributed by atoms with E-state index in [1.165, 1.54) is 6.33 Å². The predicted octanol–water partition coefficient (Wildman–Crippen LogP) is 2.21. The summed E-state index contributed by atoms with van der Waals surface area (Å²) in [4.78, 5) is 20.1. The molecule has 1 unspecified atom stereocenters. The first kappa shape index (κ1) is 14.0. The number of nitrogens with one attached hydrogen (secondary N) is 2. The van der Waals surface area contributed by atoms with Gasteiger partial charge in [0.25, 0.3) is 5.91 Å². The first-order chi connectivity index (χ1) is 9.69. The van der Waals surface area contributed by atoms with E-state index in [0.717, 1.165) is 6.42 Å². The van der Waals surface area contributed by atoms with Crippen LogP contribution in [0.25, 0.3) is 0 Å². The fourth-order valence-electron chi connectivity index (χ4n) is 1.59. The maximum absolute atomic E-state index is 12.0. The summed E-state index contributed by atoms with van der Waals surface area (Å²) >= 11 is 0. The van der Waals surface area contributed by atoms with Crippen LogP contribution in [-0.4, -0.2) is 21.9 Å². The van der Waals surface area contributed by atoms with E-state index in [9.17, 15) is 4.79 Å². The minimum atomic E-state index is -0.254. The van der Waals surface area contributed by atoms with Crippen molar-refractivity contribution >= 4 is 11.7 Å². The molecule has 2 heterocycles. The average Bonchev–Trinajstić information content (AvgIpc) is 2.98. The van der Waals surface area contributed by atoms with E-state index in [0.29, 0.717) is 29.9 Å². The van der Waals surface area contributed by atoms with Gasteiger partial charge in [0, 0.05) is 12.1 Å². The molecule has 0 aliphatic rings. The van der Waals surface area contributed by atoms with Crippen LogP contribution < -0.4 is 10.6 Å². The lowest BCUT2D eigenvalue weighted by Gasteiger charge is -2.12. The van der Waals surface area contributed by atoms with Crippen LogP contribution in [0.2, 0.25) is 0 Å². The smallest absolute Gasteiger partial charge is 0.270 e. The fraction of sp³-hybridized carbons (Fsp3) is 0.357. The molecule has 0 aliphatic carbocycles. The SMILES string of the molecule is CCC(C)Nc1cc(C(=O)NCc2ccco2)ncn1. The molecule has 1 amide bonds. The molecule has 2 N–H and O–H groups in total. The van der Waals surface area contributed by atoms with Crippen LogP contribution in [0.15, 0.2) is 35.2 Å². The quantitative estimate of drug-likeness (QED) is 0.844. The number of carbonyl (C=O) groups excluding carboxylic acids is 1. The van der Waals surface area contributed by atoms with Crippen LogP contribution >= 0.6 is 0 Å². The highest BCUT2D eigenvalue weighted by Crippen LogP contribution is 2.07. The molecule has 1 atom stereocenters. The number of hydrogen-bond donors (Lipinski definition) is 2. The van der Waals surface area contributed by atoms with E-state index in [1.54, 1.807) is 24.5 Å². The number of anilines is 1. The van der Waals surface area contributed by atoms with Crippen molar-refractivity contribution in [2.24, 2.45) is 0 Å². The number of furan rings is 1. The molecule has 2 aromatic heterocycles. The Bertz CT molecular complexity index is 554. The third-order valence-corrected chi connectivity index (χ3v) is 2.91. The van der Waals surface area contributed by atoms with Crippen LogP contribution in [0.1, 0.15) is 36.5 Å². The summed E-state index contributed by atoms with van der Waals surface area (Å²) in [5.74, 6) is 1.10. The van der Waals surface area contributed by atoms with E-state index in [2.05, 4.69) is 34.4 Å². The molecule has 0 saturated heterocycles. The van der Waals surface area contributed by atoms with Crippen LogP contribution in [0.3, 0.4) is 0 Å². The topological polar surface area (TPSA) is 80.0 Å². The summed E-state index contributed by atoms with van der Waals surface area (Å²) in [6.45, 7) is 4.47. The van der Waals surface area contributed by atoms with Gasteiger partial charge < -0.3 is 15.1 Å². The van der Waals surface area contributed by atoms with Gasteiger partial charge in [-0.15, -0.1) is 0 Å². The highest BCUT2D eigenvalue weighted by molar-refractivity contribution is 5.92. The van der Waals surface area contributed by atoms with Crippen molar-refractivity contribution in [3.05, 3.63) is 42.2 Å². The van der Waals surface area contributed by atoms with Crippen LogP contribution in [0, 0.1) is 0 Å². The Morgan fingerprint density at radius 3 is 3.00 bits per heavy atom. The Hall–Kier alpha value is -2.37. The third-order valence-electron chi connectivity index (χ3n) is 2.91. The number of hydrogen-bond acceptors (Lipinski definition) is 5. The summed E-state index contributed by atoms with van der Waals surface area (Å²) < 4.78 is 5.15. The van der Waals surface area contributed by atoms with Gasteiger partial charge in [0.1, 0.15) is 23.6 Å². The highest BCUT2D eigenvalue weighted by Gasteiger charge is 2.10. The molecule has 0 aromatic carbocycles. The minimum Gasteiger partial charge on any atom is -0.467 e. The number of nitrogens with zero attached hydrogens (tertiary/aromatic N) is 2. The summed E-state index contributed by atoms with van der Waals surface area (Å²) in [7, 11) is 0.